The first-order chi connectivity index (χ1) is 40.6. The Balaban J connectivity index is 0.740. The number of benzene rings is 5. The lowest BCUT2D eigenvalue weighted by atomic mass is 10.0. The standard InChI is InChI=1S/C59H53F2N15O8/c60-44-15-9-33(29-47-38-5-1-3-7-40(38)53(79)71-69-47)27-42(44)56(82)74-21-19-73(20-22-74)49(77)18-17-46(66-52(78)35-11-13-36(14-12-35)63-31-37-32-64-51-50(65-37)55(81)68-59(62)67-51)58(84)76-25-23-75(24-26-76)57(83)43-28-34(10-16-45(43)61)30-48-39-6-2-4-8-41(39)54(80)72-70-48/h1-16,27-28,32,46,63H,17-26,29-31H2,(H,66,78)(H,71,79)(H,72,80)(H3,62,64,67,68,81)/t46-/m0/s1. The molecular weight excluding hydrogens is 1080 g/mol. The highest BCUT2D eigenvalue weighted by atomic mass is 19.1. The normalized spacial score (nSPS) is 14.0. The highest BCUT2D eigenvalue weighted by molar-refractivity contribution is 5.99. The summed E-state index contributed by atoms with van der Waals surface area (Å²) in [5.41, 5.74) is 7.63. The summed E-state index contributed by atoms with van der Waals surface area (Å²) >= 11 is 0. The van der Waals surface area contributed by atoms with Crippen LogP contribution >= 0.6 is 0 Å². The lowest BCUT2D eigenvalue weighted by Gasteiger charge is -2.37. The molecule has 2 aliphatic rings. The zero-order valence-electron chi connectivity index (χ0n) is 44.9. The lowest BCUT2D eigenvalue weighted by molar-refractivity contribution is -0.136. The van der Waals surface area contributed by atoms with Crippen molar-refractivity contribution in [2.24, 2.45) is 0 Å². The first-order valence-corrected chi connectivity index (χ1v) is 26.9. The zero-order valence-corrected chi connectivity index (χ0v) is 44.9. The third-order valence-electron chi connectivity index (χ3n) is 15.0. The van der Waals surface area contributed by atoms with Gasteiger partial charge in [-0.1, -0.05) is 48.5 Å². The molecule has 0 radical (unpaired) electrons. The van der Waals surface area contributed by atoms with Crippen molar-refractivity contribution < 1.29 is 32.8 Å². The quantitative estimate of drug-likeness (QED) is 0.0853. The lowest BCUT2D eigenvalue weighted by Crippen LogP contribution is -2.56. The van der Waals surface area contributed by atoms with E-state index in [1.54, 1.807) is 89.8 Å². The van der Waals surface area contributed by atoms with Gasteiger partial charge in [0.1, 0.15) is 17.7 Å². The van der Waals surface area contributed by atoms with E-state index in [0.717, 1.165) is 0 Å². The number of piperazine rings is 2. The first kappa shape index (κ1) is 55.3. The summed E-state index contributed by atoms with van der Waals surface area (Å²) in [4.78, 5) is 128. The van der Waals surface area contributed by atoms with Gasteiger partial charge in [-0.25, -0.2) is 28.9 Å². The van der Waals surface area contributed by atoms with Gasteiger partial charge in [0.05, 0.1) is 51.7 Å². The number of nitrogens with one attached hydrogen (secondary N) is 5. The number of hydrogen-bond donors (Lipinski definition) is 6. The number of carbonyl (C=O) groups is 5. The van der Waals surface area contributed by atoms with Gasteiger partial charge in [0.15, 0.2) is 11.2 Å². The van der Waals surface area contributed by atoms with Crippen LogP contribution in [0, 0.1) is 11.6 Å². The van der Waals surface area contributed by atoms with Crippen LogP contribution in [0.5, 0.6) is 0 Å². The minimum atomic E-state index is -1.21. The van der Waals surface area contributed by atoms with Crippen LogP contribution in [0.1, 0.15) is 72.1 Å². The maximum absolute atomic E-state index is 15.4. The highest BCUT2D eigenvalue weighted by Gasteiger charge is 2.33. The van der Waals surface area contributed by atoms with Gasteiger partial charge in [-0.05, 0) is 78.2 Å². The summed E-state index contributed by atoms with van der Waals surface area (Å²) in [7, 11) is 0. The molecule has 25 heteroatoms. The predicted molar refractivity (Wildman–Crippen MR) is 305 cm³/mol. The number of aromatic nitrogens is 8. The molecule has 2 fully saturated rings. The molecule has 0 spiro atoms. The number of hydrogen-bond acceptors (Lipinski definition) is 15. The molecule has 23 nitrogen and oxygen atoms in total. The molecule has 84 heavy (non-hydrogen) atoms. The second kappa shape index (κ2) is 23.9. The molecule has 4 aromatic heterocycles. The predicted octanol–water partition coefficient (Wildman–Crippen LogP) is 3.69. The fourth-order valence-corrected chi connectivity index (χ4v) is 10.5. The number of nitrogen functional groups attached to an aromatic ring is 1. The van der Waals surface area contributed by atoms with Gasteiger partial charge < -0.3 is 36.0 Å². The summed E-state index contributed by atoms with van der Waals surface area (Å²) in [6.45, 7) is 0.684. The van der Waals surface area contributed by atoms with E-state index in [-0.39, 0.29) is 135 Å². The Kier molecular flexibility index (Phi) is 15.7. The molecule has 5 aromatic carbocycles. The van der Waals surface area contributed by atoms with Gasteiger partial charge in [-0.2, -0.15) is 15.2 Å². The number of rotatable bonds is 15. The molecule has 6 heterocycles. The van der Waals surface area contributed by atoms with E-state index in [0.29, 0.717) is 55.4 Å². The number of aromatic amines is 3. The van der Waals surface area contributed by atoms with Crippen LogP contribution < -0.4 is 33.0 Å². The number of fused-ring (bicyclic) bond motifs is 3. The van der Waals surface area contributed by atoms with Crippen LogP contribution in [0.4, 0.5) is 20.4 Å². The van der Waals surface area contributed by atoms with Gasteiger partial charge in [0.25, 0.3) is 34.4 Å². The molecule has 2 saturated heterocycles. The molecule has 11 rings (SSSR count). The Labute approximate surface area is 474 Å². The highest BCUT2D eigenvalue weighted by Crippen LogP contribution is 2.24. The average molecular weight is 1140 g/mol. The molecule has 0 saturated carbocycles. The van der Waals surface area contributed by atoms with Gasteiger partial charge in [0, 0.05) is 93.6 Å². The Morgan fingerprint density at radius 3 is 1.67 bits per heavy atom. The number of anilines is 2. The fourth-order valence-electron chi connectivity index (χ4n) is 10.5. The molecule has 7 N–H and O–H groups in total. The van der Waals surface area contributed by atoms with Crippen LogP contribution in [0.15, 0.2) is 130 Å². The van der Waals surface area contributed by atoms with Crippen molar-refractivity contribution in [3.05, 3.63) is 203 Å². The van der Waals surface area contributed by atoms with Crippen LogP contribution in [0.3, 0.4) is 0 Å². The SMILES string of the molecule is Nc1nc2ncc(CNc3ccc(C(=O)N[C@@H](CCC(=O)N4CCN(C(=O)c5cc(Cc6n[nH]c(=O)c7ccccc67)ccc5F)CC4)C(=O)N4CCN(C(=O)c5cc(Cc6n[nH]c(=O)c7ccccc67)ccc5F)CC4)cc3)nc2c(=O)[nH]1. The van der Waals surface area contributed by atoms with E-state index >= 15 is 8.78 Å². The third-order valence-corrected chi connectivity index (χ3v) is 15.0. The zero-order chi connectivity index (χ0) is 58.6. The van der Waals surface area contributed by atoms with Crippen LogP contribution in [-0.2, 0) is 29.0 Å². The first-order valence-electron chi connectivity index (χ1n) is 26.9. The Hall–Kier alpha value is -10.6. The van der Waals surface area contributed by atoms with E-state index in [2.05, 4.69) is 51.0 Å². The number of carbonyl (C=O) groups excluding carboxylic acids is 5. The second-order valence-electron chi connectivity index (χ2n) is 20.3. The van der Waals surface area contributed by atoms with Crippen LogP contribution in [0.2, 0.25) is 0 Å². The molecule has 0 unspecified atom stereocenters. The van der Waals surface area contributed by atoms with Gasteiger partial charge in [-0.3, -0.25) is 43.3 Å². The van der Waals surface area contributed by atoms with Crippen molar-refractivity contribution >= 4 is 73.9 Å². The second-order valence-corrected chi connectivity index (χ2v) is 20.3. The molecule has 0 bridgehead atoms. The van der Waals surface area contributed by atoms with E-state index in [9.17, 15) is 38.4 Å². The van der Waals surface area contributed by atoms with E-state index in [4.69, 9.17) is 5.73 Å². The van der Waals surface area contributed by atoms with Crippen molar-refractivity contribution in [1.82, 2.24) is 65.2 Å². The average Bonchev–Trinajstić information content (AvgIpc) is 3.27. The van der Waals surface area contributed by atoms with Crippen molar-refractivity contribution in [1.29, 1.82) is 0 Å². The van der Waals surface area contributed by atoms with Gasteiger partial charge in [-0.15, -0.1) is 0 Å². The topological polar surface area (TPSA) is 311 Å². The molecule has 1 atom stereocenters. The Bertz CT molecular complexity index is 4250. The minimum Gasteiger partial charge on any atom is -0.379 e. The summed E-state index contributed by atoms with van der Waals surface area (Å²) in [6, 6.07) is 27.5. The maximum Gasteiger partial charge on any atom is 0.280 e. The number of amides is 5. The number of H-pyrrole nitrogens is 3. The Morgan fingerprint density at radius 1 is 0.607 bits per heavy atom. The molecule has 5 amide bonds. The fraction of sp³-hybridized carbons (Fsp3) is 0.237. The van der Waals surface area contributed by atoms with Gasteiger partial charge >= 0.3 is 0 Å². The largest absolute Gasteiger partial charge is 0.379 e. The number of nitrogens with zero attached hydrogens (tertiary/aromatic N) is 9. The van der Waals surface area contributed by atoms with E-state index < -0.39 is 46.9 Å². The summed E-state index contributed by atoms with van der Waals surface area (Å²) in [5.74, 6) is -4.16. The summed E-state index contributed by atoms with van der Waals surface area (Å²) < 4.78 is 30.8. The van der Waals surface area contributed by atoms with Crippen LogP contribution in [-0.4, -0.2) is 148 Å². The van der Waals surface area contributed by atoms with E-state index in [1.807, 2.05) is 0 Å². The van der Waals surface area contributed by atoms with Crippen molar-refractivity contribution in [2.45, 2.75) is 38.3 Å². The Morgan fingerprint density at radius 2 is 1.12 bits per heavy atom. The van der Waals surface area contributed by atoms with Crippen LogP contribution in [0.25, 0.3) is 32.7 Å². The number of nitrogens with two attached hydrogens (primary N) is 1. The molecular formula is C59H53F2N15O8. The summed E-state index contributed by atoms with van der Waals surface area (Å²) in [6.07, 6.45) is 1.56. The van der Waals surface area contributed by atoms with Crippen molar-refractivity contribution in [3.8, 4) is 0 Å². The minimum absolute atomic E-state index is 0.0149. The molecule has 2 aliphatic heterocycles. The third kappa shape index (κ3) is 11.9. The number of halogens is 2. The summed E-state index contributed by atoms with van der Waals surface area (Å²) in [5, 5.41) is 21.6. The monoisotopic (exact) mass is 1140 g/mol. The van der Waals surface area contributed by atoms with Crippen molar-refractivity contribution in [2.75, 3.05) is 63.4 Å². The molecule has 426 valence electrons. The van der Waals surface area contributed by atoms with Gasteiger partial charge in [0.2, 0.25) is 17.8 Å². The smallest absolute Gasteiger partial charge is 0.280 e. The maximum atomic E-state index is 15.4. The molecule has 9 aromatic rings. The van der Waals surface area contributed by atoms with E-state index in [1.165, 1.54) is 45.2 Å². The molecule has 0 aliphatic carbocycles. The van der Waals surface area contributed by atoms with Crippen molar-refractivity contribution in [3.63, 3.8) is 0 Å².